The van der Waals surface area contributed by atoms with Gasteiger partial charge in [0.05, 0.1) is 24.3 Å². The van der Waals surface area contributed by atoms with Crippen LogP contribution >= 0.6 is 23.5 Å². The molecule has 2 rings (SSSR count). The van der Waals surface area contributed by atoms with Gasteiger partial charge < -0.3 is 13.7 Å². The zero-order valence-corrected chi connectivity index (χ0v) is 14.2. The maximum Gasteiger partial charge on any atom is 0.406 e. The number of carbonyl (C=O) groups is 1. The standard InChI is InChI=1S/C13H14F3N3O3S2/c1-23-6-10-17-18-12(22-10)24-7-11(20)19(8-13(14,15)16)5-9-3-2-4-21-9/h2-4H,5-8H2,1H3. The van der Waals surface area contributed by atoms with Gasteiger partial charge in [-0.15, -0.1) is 10.2 Å². The number of hydrogen-bond acceptors (Lipinski definition) is 7. The average Bonchev–Trinajstić information content (AvgIpc) is 3.15. The molecule has 24 heavy (non-hydrogen) atoms. The van der Waals surface area contributed by atoms with Gasteiger partial charge in [0.25, 0.3) is 5.22 Å². The lowest BCUT2D eigenvalue weighted by Gasteiger charge is -2.22. The Labute approximate surface area is 144 Å². The first-order chi connectivity index (χ1) is 11.4. The average molecular weight is 381 g/mol. The van der Waals surface area contributed by atoms with Gasteiger partial charge in [-0.25, -0.2) is 0 Å². The van der Waals surface area contributed by atoms with Crippen LogP contribution in [0.3, 0.4) is 0 Å². The van der Waals surface area contributed by atoms with Crippen LogP contribution in [0.4, 0.5) is 13.2 Å². The van der Waals surface area contributed by atoms with Crippen molar-refractivity contribution in [1.29, 1.82) is 0 Å². The van der Waals surface area contributed by atoms with Gasteiger partial charge in [-0.05, 0) is 18.4 Å². The molecule has 0 atom stereocenters. The fraction of sp³-hybridized carbons (Fsp3) is 0.462. The van der Waals surface area contributed by atoms with E-state index in [1.807, 2.05) is 6.26 Å². The number of nitrogens with zero attached hydrogens (tertiary/aromatic N) is 3. The fourth-order valence-corrected chi connectivity index (χ4v) is 2.78. The highest BCUT2D eigenvalue weighted by Crippen LogP contribution is 2.22. The van der Waals surface area contributed by atoms with Crippen LogP contribution in [0.2, 0.25) is 0 Å². The van der Waals surface area contributed by atoms with Crippen molar-refractivity contribution in [3.8, 4) is 0 Å². The van der Waals surface area contributed by atoms with E-state index in [0.717, 1.165) is 11.8 Å². The molecule has 0 aliphatic heterocycles. The molecule has 0 N–H and O–H groups in total. The minimum Gasteiger partial charge on any atom is -0.467 e. The van der Waals surface area contributed by atoms with E-state index >= 15 is 0 Å². The van der Waals surface area contributed by atoms with Gasteiger partial charge in [-0.2, -0.15) is 24.9 Å². The summed E-state index contributed by atoms with van der Waals surface area (Å²) in [5.41, 5.74) is 0. The van der Waals surface area contributed by atoms with E-state index in [1.54, 1.807) is 6.07 Å². The normalized spacial score (nSPS) is 11.7. The zero-order valence-electron chi connectivity index (χ0n) is 12.6. The van der Waals surface area contributed by atoms with Crippen LogP contribution in [0.1, 0.15) is 11.7 Å². The highest BCUT2D eigenvalue weighted by atomic mass is 32.2. The minimum atomic E-state index is -4.50. The Balaban J connectivity index is 1.95. The first kappa shape index (κ1) is 18.7. The molecule has 2 aromatic heterocycles. The number of alkyl halides is 3. The number of rotatable bonds is 8. The summed E-state index contributed by atoms with van der Waals surface area (Å²) >= 11 is 2.39. The van der Waals surface area contributed by atoms with Crippen LogP contribution in [0.15, 0.2) is 32.5 Å². The molecule has 0 radical (unpaired) electrons. The van der Waals surface area contributed by atoms with E-state index in [1.165, 1.54) is 24.1 Å². The molecule has 0 spiro atoms. The Kier molecular flexibility index (Phi) is 6.60. The van der Waals surface area contributed by atoms with Crippen molar-refractivity contribution in [3.05, 3.63) is 30.0 Å². The summed E-state index contributed by atoms with van der Waals surface area (Å²) in [6.07, 6.45) is -1.29. The molecule has 2 aromatic rings. The van der Waals surface area contributed by atoms with E-state index in [-0.39, 0.29) is 23.3 Å². The van der Waals surface area contributed by atoms with E-state index in [0.29, 0.717) is 16.5 Å². The number of halogens is 3. The molecule has 0 saturated heterocycles. The van der Waals surface area contributed by atoms with Crippen LogP contribution in [-0.4, -0.2) is 45.7 Å². The number of aromatic nitrogens is 2. The largest absolute Gasteiger partial charge is 0.467 e. The Morgan fingerprint density at radius 2 is 2.17 bits per heavy atom. The third-order valence-electron chi connectivity index (χ3n) is 2.68. The van der Waals surface area contributed by atoms with Crippen LogP contribution in [0.25, 0.3) is 0 Å². The van der Waals surface area contributed by atoms with Gasteiger partial charge in [0.2, 0.25) is 11.8 Å². The predicted octanol–water partition coefficient (Wildman–Crippen LogP) is 3.21. The van der Waals surface area contributed by atoms with Gasteiger partial charge in [-0.1, -0.05) is 11.8 Å². The Hall–Kier alpha value is -1.62. The van der Waals surface area contributed by atoms with Crippen molar-refractivity contribution in [2.45, 2.75) is 23.7 Å². The van der Waals surface area contributed by atoms with E-state index < -0.39 is 18.6 Å². The summed E-state index contributed by atoms with van der Waals surface area (Å²) in [4.78, 5) is 12.8. The summed E-state index contributed by atoms with van der Waals surface area (Å²) in [5, 5.41) is 7.66. The van der Waals surface area contributed by atoms with E-state index in [9.17, 15) is 18.0 Å². The van der Waals surface area contributed by atoms with Gasteiger partial charge in [0.1, 0.15) is 12.3 Å². The molecule has 0 aliphatic carbocycles. The maximum absolute atomic E-state index is 12.7. The van der Waals surface area contributed by atoms with Crippen molar-refractivity contribution in [2.75, 3.05) is 18.6 Å². The summed E-state index contributed by atoms with van der Waals surface area (Å²) < 4.78 is 48.3. The molecule has 11 heteroatoms. The quantitative estimate of drug-likeness (QED) is 0.650. The molecule has 0 aromatic carbocycles. The van der Waals surface area contributed by atoms with Gasteiger partial charge in [0, 0.05) is 0 Å². The molecular weight excluding hydrogens is 367 g/mol. The van der Waals surface area contributed by atoms with Gasteiger partial charge in [0.15, 0.2) is 0 Å². The summed E-state index contributed by atoms with van der Waals surface area (Å²) in [7, 11) is 0. The zero-order chi connectivity index (χ0) is 17.6. The number of hydrogen-bond donors (Lipinski definition) is 0. The highest BCUT2D eigenvalue weighted by molar-refractivity contribution is 7.99. The summed E-state index contributed by atoms with van der Waals surface area (Å²) in [6.45, 7) is -1.61. The van der Waals surface area contributed by atoms with Crippen molar-refractivity contribution in [2.24, 2.45) is 0 Å². The van der Waals surface area contributed by atoms with Gasteiger partial charge in [-0.3, -0.25) is 4.79 Å². The van der Waals surface area contributed by atoms with Crippen LogP contribution in [0.5, 0.6) is 0 Å². The lowest BCUT2D eigenvalue weighted by molar-refractivity contribution is -0.161. The minimum absolute atomic E-state index is 0.150. The monoisotopic (exact) mass is 381 g/mol. The maximum atomic E-state index is 12.7. The molecular formula is C13H14F3N3O3S2. The Bertz CT molecular complexity index is 646. The second kappa shape index (κ2) is 8.47. The van der Waals surface area contributed by atoms with E-state index in [2.05, 4.69) is 10.2 Å². The predicted molar refractivity (Wildman–Crippen MR) is 82.4 cm³/mol. The molecule has 1 amide bonds. The van der Waals surface area contributed by atoms with Crippen molar-refractivity contribution in [3.63, 3.8) is 0 Å². The number of thioether (sulfide) groups is 2. The van der Waals surface area contributed by atoms with Crippen molar-refractivity contribution >= 4 is 29.4 Å². The molecule has 0 aliphatic rings. The number of furan rings is 1. The van der Waals surface area contributed by atoms with Gasteiger partial charge >= 0.3 is 6.18 Å². The molecule has 132 valence electrons. The van der Waals surface area contributed by atoms with Crippen LogP contribution in [0, 0.1) is 0 Å². The van der Waals surface area contributed by atoms with Crippen molar-refractivity contribution < 1.29 is 26.8 Å². The van der Waals surface area contributed by atoms with Crippen molar-refractivity contribution in [1.82, 2.24) is 15.1 Å². The number of carbonyl (C=O) groups excluding carboxylic acids is 1. The Morgan fingerprint density at radius 3 is 2.79 bits per heavy atom. The topological polar surface area (TPSA) is 72.4 Å². The third kappa shape index (κ3) is 6.11. The second-order valence-electron chi connectivity index (χ2n) is 4.63. The summed E-state index contributed by atoms with van der Waals surface area (Å²) in [6, 6.07) is 3.06. The summed E-state index contributed by atoms with van der Waals surface area (Å²) in [5.74, 6) is 0.272. The molecule has 6 nitrogen and oxygen atoms in total. The molecule has 2 heterocycles. The van der Waals surface area contributed by atoms with Crippen LogP contribution in [-0.2, 0) is 17.1 Å². The lowest BCUT2D eigenvalue weighted by atomic mass is 10.3. The Morgan fingerprint density at radius 1 is 1.38 bits per heavy atom. The molecule has 0 saturated carbocycles. The van der Waals surface area contributed by atoms with Crippen LogP contribution < -0.4 is 0 Å². The molecule has 0 fully saturated rings. The number of amides is 1. The molecule has 0 bridgehead atoms. The lowest BCUT2D eigenvalue weighted by Crippen LogP contribution is -2.39. The second-order valence-corrected chi connectivity index (χ2v) is 6.42. The highest BCUT2D eigenvalue weighted by Gasteiger charge is 2.33. The first-order valence-electron chi connectivity index (χ1n) is 6.68. The SMILES string of the molecule is CSCc1nnc(SCC(=O)N(Cc2ccco2)CC(F)(F)F)o1. The third-order valence-corrected chi connectivity index (χ3v) is 4.02. The smallest absolute Gasteiger partial charge is 0.406 e. The molecule has 0 unspecified atom stereocenters. The van der Waals surface area contributed by atoms with E-state index in [4.69, 9.17) is 8.83 Å². The first-order valence-corrected chi connectivity index (χ1v) is 9.06. The fourth-order valence-electron chi connectivity index (χ4n) is 1.73.